The van der Waals surface area contributed by atoms with Crippen LogP contribution in [0.3, 0.4) is 0 Å². The average Bonchev–Trinajstić information content (AvgIpc) is 2.45. The maximum Gasteiger partial charge on any atom is 0.253 e. The van der Waals surface area contributed by atoms with Crippen LogP contribution in [0, 0.1) is 11.8 Å². The molecule has 0 unspecified atom stereocenters. The van der Waals surface area contributed by atoms with Crippen molar-refractivity contribution in [1.82, 2.24) is 4.90 Å². The van der Waals surface area contributed by atoms with Gasteiger partial charge in [-0.05, 0) is 24.6 Å². The molecule has 0 saturated heterocycles. The van der Waals surface area contributed by atoms with Crippen molar-refractivity contribution in [2.45, 2.75) is 13.3 Å². The van der Waals surface area contributed by atoms with Crippen molar-refractivity contribution in [3.8, 4) is 11.8 Å². The minimum atomic E-state index is -0.238. The number of carbonyl (C=O) groups is 1. The highest BCUT2D eigenvalue weighted by Crippen LogP contribution is 2.18. The second kappa shape index (κ2) is 8.60. The number of hydrogen-bond acceptors (Lipinski definition) is 3. The highest BCUT2D eigenvalue weighted by atomic mass is 35.5. The molecule has 0 heterocycles. The second-order valence-corrected chi connectivity index (χ2v) is 4.58. The number of aliphatic hydroxyl groups excluding tert-OH is 2. The highest BCUT2D eigenvalue weighted by molar-refractivity contribution is 6.32. The third-order valence-electron chi connectivity index (χ3n) is 2.67. The van der Waals surface area contributed by atoms with Gasteiger partial charge in [0.15, 0.2) is 0 Å². The topological polar surface area (TPSA) is 60.8 Å². The lowest BCUT2D eigenvalue weighted by atomic mass is 10.1. The molecular weight excluding hydrogens is 278 g/mol. The molecule has 20 heavy (non-hydrogen) atoms. The number of halogens is 1. The van der Waals surface area contributed by atoms with Crippen LogP contribution in [-0.4, -0.2) is 47.3 Å². The average molecular weight is 296 g/mol. The lowest BCUT2D eigenvalue weighted by molar-refractivity contribution is 0.0722. The summed E-state index contributed by atoms with van der Waals surface area (Å²) in [5, 5.41) is 18.0. The molecule has 0 bridgehead atoms. The molecule has 4 nitrogen and oxygen atoms in total. The van der Waals surface area contributed by atoms with Gasteiger partial charge >= 0.3 is 0 Å². The molecule has 5 heteroatoms. The zero-order valence-corrected chi connectivity index (χ0v) is 12.2. The summed E-state index contributed by atoms with van der Waals surface area (Å²) < 4.78 is 0. The first-order valence-corrected chi connectivity index (χ1v) is 6.81. The lowest BCUT2D eigenvalue weighted by Crippen LogP contribution is -2.34. The molecule has 0 spiro atoms. The van der Waals surface area contributed by atoms with Crippen molar-refractivity contribution >= 4 is 17.5 Å². The molecule has 1 rings (SSSR count). The van der Waals surface area contributed by atoms with Crippen LogP contribution in [0.5, 0.6) is 0 Å². The van der Waals surface area contributed by atoms with Crippen molar-refractivity contribution in [3.05, 3.63) is 34.3 Å². The Bertz CT molecular complexity index is 514. The molecule has 0 fully saturated rings. The third kappa shape index (κ3) is 4.53. The Labute approximate surface area is 124 Å². The summed E-state index contributed by atoms with van der Waals surface area (Å²) >= 11 is 6.06. The first-order chi connectivity index (χ1) is 9.63. The summed E-state index contributed by atoms with van der Waals surface area (Å²) in [5.41, 5.74) is 1.04. The summed E-state index contributed by atoms with van der Waals surface area (Å²) in [6.07, 6.45) is 0.819. The molecule has 0 aliphatic heterocycles. The Morgan fingerprint density at radius 2 is 2.10 bits per heavy atom. The fourth-order valence-electron chi connectivity index (χ4n) is 1.77. The van der Waals surface area contributed by atoms with Crippen molar-refractivity contribution in [3.63, 3.8) is 0 Å². The number of nitrogens with zero attached hydrogens (tertiary/aromatic N) is 1. The molecule has 1 aromatic carbocycles. The number of carbonyl (C=O) groups excluding carboxylic acids is 1. The minimum Gasteiger partial charge on any atom is -0.395 e. The van der Waals surface area contributed by atoms with Gasteiger partial charge in [-0.3, -0.25) is 4.79 Å². The summed E-state index contributed by atoms with van der Waals surface area (Å²) in [5.74, 6) is 5.06. The van der Waals surface area contributed by atoms with Gasteiger partial charge in [-0.1, -0.05) is 30.4 Å². The zero-order valence-electron chi connectivity index (χ0n) is 11.4. The maximum absolute atomic E-state index is 12.3. The van der Waals surface area contributed by atoms with Crippen LogP contribution in [0.4, 0.5) is 0 Å². The van der Waals surface area contributed by atoms with Crippen LogP contribution in [-0.2, 0) is 0 Å². The molecule has 0 atom stereocenters. The van der Waals surface area contributed by atoms with E-state index in [0.717, 1.165) is 6.42 Å². The number of amides is 1. The zero-order chi connectivity index (χ0) is 15.0. The van der Waals surface area contributed by atoms with Crippen LogP contribution in [0.1, 0.15) is 29.3 Å². The lowest BCUT2D eigenvalue weighted by Gasteiger charge is -2.21. The van der Waals surface area contributed by atoms with E-state index in [1.54, 1.807) is 23.1 Å². The molecular formula is C15H18ClNO3. The van der Waals surface area contributed by atoms with Crippen LogP contribution in [0.2, 0.25) is 5.02 Å². The number of aliphatic hydroxyl groups is 2. The Morgan fingerprint density at radius 3 is 2.65 bits per heavy atom. The second-order valence-electron chi connectivity index (χ2n) is 4.17. The Morgan fingerprint density at radius 1 is 1.35 bits per heavy atom. The Balaban J connectivity index is 2.95. The van der Waals surface area contributed by atoms with E-state index in [4.69, 9.17) is 21.8 Å². The molecule has 0 aromatic heterocycles. The van der Waals surface area contributed by atoms with Crippen molar-refractivity contribution in [1.29, 1.82) is 0 Å². The van der Waals surface area contributed by atoms with E-state index in [2.05, 4.69) is 11.8 Å². The molecule has 1 aromatic rings. The predicted molar refractivity (Wildman–Crippen MR) is 78.7 cm³/mol. The van der Waals surface area contributed by atoms with E-state index in [1.807, 2.05) is 6.92 Å². The quantitative estimate of drug-likeness (QED) is 0.810. The van der Waals surface area contributed by atoms with Crippen molar-refractivity contribution in [2.75, 3.05) is 26.3 Å². The van der Waals surface area contributed by atoms with Gasteiger partial charge in [0.25, 0.3) is 5.91 Å². The summed E-state index contributed by atoms with van der Waals surface area (Å²) in [6, 6.07) is 4.86. The van der Waals surface area contributed by atoms with Gasteiger partial charge in [0.1, 0.15) is 6.61 Å². The summed E-state index contributed by atoms with van der Waals surface area (Å²) in [6.45, 7) is 2.55. The van der Waals surface area contributed by atoms with Crippen LogP contribution >= 0.6 is 11.6 Å². The molecule has 2 N–H and O–H groups in total. The number of rotatable bonds is 5. The predicted octanol–water partition coefficient (Wildman–Crippen LogP) is 1.53. The van der Waals surface area contributed by atoms with Gasteiger partial charge in [-0.15, -0.1) is 0 Å². The molecule has 1 amide bonds. The first kappa shape index (κ1) is 16.5. The SMILES string of the molecule is CCCN(CCO)C(=O)c1ccc(C#CCO)c(Cl)c1. The van der Waals surface area contributed by atoms with Crippen molar-refractivity contribution < 1.29 is 15.0 Å². The minimum absolute atomic E-state index is 0.0699. The molecule has 0 aliphatic rings. The molecule has 0 aliphatic carbocycles. The van der Waals surface area contributed by atoms with Gasteiger partial charge < -0.3 is 15.1 Å². The van der Waals surface area contributed by atoms with Gasteiger partial charge in [-0.2, -0.15) is 0 Å². The number of hydrogen-bond donors (Lipinski definition) is 2. The summed E-state index contributed by atoms with van der Waals surface area (Å²) in [4.78, 5) is 13.9. The van der Waals surface area contributed by atoms with E-state index in [-0.39, 0.29) is 19.1 Å². The maximum atomic E-state index is 12.3. The van der Waals surface area contributed by atoms with Gasteiger partial charge in [0.05, 0.1) is 11.6 Å². The van der Waals surface area contributed by atoms with Crippen LogP contribution in [0.15, 0.2) is 18.2 Å². The van der Waals surface area contributed by atoms with E-state index in [1.165, 1.54) is 0 Å². The van der Waals surface area contributed by atoms with E-state index in [0.29, 0.717) is 29.2 Å². The van der Waals surface area contributed by atoms with Gasteiger partial charge in [0.2, 0.25) is 0 Å². The number of benzene rings is 1. The van der Waals surface area contributed by atoms with E-state index in [9.17, 15) is 4.79 Å². The first-order valence-electron chi connectivity index (χ1n) is 6.43. The highest BCUT2D eigenvalue weighted by Gasteiger charge is 2.15. The molecule has 0 saturated carbocycles. The van der Waals surface area contributed by atoms with Gasteiger partial charge in [0, 0.05) is 24.2 Å². The Hall–Kier alpha value is -1.54. The molecule has 0 radical (unpaired) electrons. The third-order valence-corrected chi connectivity index (χ3v) is 2.98. The van der Waals surface area contributed by atoms with Crippen LogP contribution < -0.4 is 0 Å². The smallest absolute Gasteiger partial charge is 0.253 e. The van der Waals surface area contributed by atoms with E-state index < -0.39 is 0 Å². The fourth-order valence-corrected chi connectivity index (χ4v) is 2.00. The molecule has 108 valence electrons. The normalized spacial score (nSPS) is 9.80. The van der Waals surface area contributed by atoms with Gasteiger partial charge in [-0.25, -0.2) is 0 Å². The van der Waals surface area contributed by atoms with Crippen molar-refractivity contribution in [2.24, 2.45) is 0 Å². The monoisotopic (exact) mass is 295 g/mol. The standard InChI is InChI=1S/C15H18ClNO3/c1-2-7-17(8-10-19)15(20)13-6-5-12(4-3-9-18)14(16)11-13/h5-6,11,18-19H,2,7-10H2,1H3. The largest absolute Gasteiger partial charge is 0.395 e. The Kier molecular flexibility index (Phi) is 7.10. The fraction of sp³-hybridized carbons (Fsp3) is 0.400. The van der Waals surface area contributed by atoms with Crippen LogP contribution in [0.25, 0.3) is 0 Å². The summed E-state index contributed by atoms with van der Waals surface area (Å²) in [7, 11) is 0. The van der Waals surface area contributed by atoms with E-state index >= 15 is 0 Å².